The fourth-order valence-corrected chi connectivity index (χ4v) is 1.63. The van der Waals surface area contributed by atoms with Crippen LogP contribution in [0.3, 0.4) is 0 Å². The van der Waals surface area contributed by atoms with Crippen molar-refractivity contribution in [3.8, 4) is 0 Å². The number of hydrogen-bond acceptors (Lipinski definition) is 5. The minimum Gasteiger partial charge on any atom is -0.469 e. The van der Waals surface area contributed by atoms with Crippen LogP contribution in [0, 0.1) is 5.92 Å². The standard InChI is InChI=1S/C13H17NO5/c1-18-11(15)8-7-10(13(17)19-2)14-12(16)9-5-3-4-6-9/h3-6,9-10H,7-8H2,1-2H3,(H,14,16)/t10-/m0/s1. The smallest absolute Gasteiger partial charge is 0.328 e. The first-order valence-electron chi connectivity index (χ1n) is 5.88. The van der Waals surface area contributed by atoms with E-state index in [1.54, 1.807) is 24.3 Å². The van der Waals surface area contributed by atoms with Crippen molar-refractivity contribution < 1.29 is 23.9 Å². The summed E-state index contributed by atoms with van der Waals surface area (Å²) in [5, 5.41) is 2.57. The van der Waals surface area contributed by atoms with Crippen molar-refractivity contribution in [1.29, 1.82) is 0 Å². The molecule has 6 heteroatoms. The highest BCUT2D eigenvalue weighted by Gasteiger charge is 2.25. The van der Waals surface area contributed by atoms with Crippen LogP contribution in [-0.2, 0) is 23.9 Å². The fraction of sp³-hybridized carbons (Fsp3) is 0.462. The van der Waals surface area contributed by atoms with E-state index in [0.717, 1.165) is 0 Å². The van der Waals surface area contributed by atoms with Crippen LogP contribution in [0.25, 0.3) is 0 Å². The van der Waals surface area contributed by atoms with Crippen LogP contribution in [0.2, 0.25) is 0 Å². The van der Waals surface area contributed by atoms with Crippen LogP contribution in [0.5, 0.6) is 0 Å². The molecule has 0 aromatic heterocycles. The van der Waals surface area contributed by atoms with E-state index in [4.69, 9.17) is 0 Å². The van der Waals surface area contributed by atoms with Crippen LogP contribution in [0.1, 0.15) is 12.8 Å². The van der Waals surface area contributed by atoms with Gasteiger partial charge in [0.05, 0.1) is 20.1 Å². The van der Waals surface area contributed by atoms with Crippen molar-refractivity contribution >= 4 is 17.8 Å². The molecule has 0 radical (unpaired) electrons. The van der Waals surface area contributed by atoms with Gasteiger partial charge in [0.2, 0.25) is 5.91 Å². The Labute approximate surface area is 111 Å². The molecule has 0 bridgehead atoms. The van der Waals surface area contributed by atoms with Gasteiger partial charge in [-0.2, -0.15) is 0 Å². The van der Waals surface area contributed by atoms with Gasteiger partial charge in [-0.15, -0.1) is 0 Å². The molecule has 0 saturated heterocycles. The molecule has 0 saturated carbocycles. The molecule has 0 aromatic rings. The van der Waals surface area contributed by atoms with E-state index >= 15 is 0 Å². The van der Waals surface area contributed by atoms with Gasteiger partial charge in [-0.1, -0.05) is 24.3 Å². The van der Waals surface area contributed by atoms with E-state index in [1.807, 2.05) is 0 Å². The normalized spacial score (nSPS) is 15.1. The Bertz CT molecular complexity index is 401. The molecule has 19 heavy (non-hydrogen) atoms. The SMILES string of the molecule is COC(=O)CC[C@H](NC(=O)C1C=CC=C1)C(=O)OC. The lowest BCUT2D eigenvalue weighted by Gasteiger charge is -2.17. The zero-order valence-corrected chi connectivity index (χ0v) is 10.9. The highest BCUT2D eigenvalue weighted by Crippen LogP contribution is 2.10. The average Bonchev–Trinajstić information content (AvgIpc) is 2.95. The van der Waals surface area contributed by atoms with Crippen molar-refractivity contribution in [3.63, 3.8) is 0 Å². The van der Waals surface area contributed by atoms with Gasteiger partial charge in [0, 0.05) is 6.42 Å². The third-order valence-electron chi connectivity index (χ3n) is 2.72. The van der Waals surface area contributed by atoms with E-state index in [1.165, 1.54) is 14.2 Å². The highest BCUT2D eigenvalue weighted by molar-refractivity contribution is 5.88. The second-order valence-electron chi connectivity index (χ2n) is 3.99. The van der Waals surface area contributed by atoms with E-state index in [-0.39, 0.29) is 24.7 Å². The molecule has 1 N–H and O–H groups in total. The number of hydrogen-bond donors (Lipinski definition) is 1. The molecule has 0 heterocycles. The molecule has 0 fully saturated rings. The zero-order chi connectivity index (χ0) is 14.3. The van der Waals surface area contributed by atoms with Gasteiger partial charge in [-0.3, -0.25) is 9.59 Å². The molecule has 0 aliphatic heterocycles. The number of methoxy groups -OCH3 is 2. The quantitative estimate of drug-likeness (QED) is 0.702. The molecule has 0 unspecified atom stereocenters. The van der Waals surface area contributed by atoms with Gasteiger partial charge in [0.1, 0.15) is 6.04 Å². The van der Waals surface area contributed by atoms with Crippen LogP contribution in [0.4, 0.5) is 0 Å². The molecule has 0 aromatic carbocycles. The third-order valence-corrected chi connectivity index (χ3v) is 2.72. The zero-order valence-electron chi connectivity index (χ0n) is 10.9. The summed E-state index contributed by atoms with van der Waals surface area (Å²) in [6.45, 7) is 0. The number of allylic oxidation sites excluding steroid dienone is 2. The number of carbonyl (C=O) groups is 3. The molecule has 1 amide bonds. The Hall–Kier alpha value is -2.11. The monoisotopic (exact) mass is 267 g/mol. The molecule has 1 aliphatic rings. The highest BCUT2D eigenvalue weighted by atomic mass is 16.5. The van der Waals surface area contributed by atoms with Crippen LogP contribution in [0.15, 0.2) is 24.3 Å². The Kier molecular flexibility index (Phi) is 5.78. The summed E-state index contributed by atoms with van der Waals surface area (Å²) in [5.41, 5.74) is 0. The maximum absolute atomic E-state index is 11.9. The van der Waals surface area contributed by atoms with Gasteiger partial charge in [-0.05, 0) is 6.42 Å². The van der Waals surface area contributed by atoms with Gasteiger partial charge in [0.25, 0.3) is 0 Å². The van der Waals surface area contributed by atoms with Gasteiger partial charge in [0.15, 0.2) is 0 Å². The molecule has 1 aliphatic carbocycles. The first-order valence-corrected chi connectivity index (χ1v) is 5.88. The van der Waals surface area contributed by atoms with E-state index in [9.17, 15) is 14.4 Å². The van der Waals surface area contributed by atoms with Gasteiger partial charge < -0.3 is 14.8 Å². The van der Waals surface area contributed by atoms with Crippen molar-refractivity contribution in [3.05, 3.63) is 24.3 Å². The number of ether oxygens (including phenoxy) is 2. The van der Waals surface area contributed by atoms with E-state index < -0.39 is 18.0 Å². The number of esters is 2. The lowest BCUT2D eigenvalue weighted by molar-refractivity contribution is -0.146. The topological polar surface area (TPSA) is 81.7 Å². The summed E-state index contributed by atoms with van der Waals surface area (Å²) < 4.78 is 9.09. The van der Waals surface area contributed by atoms with Crippen molar-refractivity contribution in [2.75, 3.05) is 14.2 Å². The lowest BCUT2D eigenvalue weighted by atomic mass is 10.1. The summed E-state index contributed by atoms with van der Waals surface area (Å²) in [4.78, 5) is 34.5. The minimum absolute atomic E-state index is 0.0346. The summed E-state index contributed by atoms with van der Waals surface area (Å²) in [6, 6.07) is -0.848. The predicted molar refractivity (Wildman–Crippen MR) is 67.0 cm³/mol. The fourth-order valence-electron chi connectivity index (χ4n) is 1.63. The Morgan fingerprint density at radius 3 is 2.32 bits per heavy atom. The molecule has 1 rings (SSSR count). The first-order chi connectivity index (χ1) is 9.08. The van der Waals surface area contributed by atoms with Gasteiger partial charge >= 0.3 is 11.9 Å². The predicted octanol–water partition coefficient (Wildman–Crippen LogP) is 0.340. The van der Waals surface area contributed by atoms with Gasteiger partial charge in [-0.25, -0.2) is 4.79 Å². The average molecular weight is 267 g/mol. The molecule has 104 valence electrons. The van der Waals surface area contributed by atoms with Crippen molar-refractivity contribution in [2.45, 2.75) is 18.9 Å². The molecule has 1 atom stereocenters. The van der Waals surface area contributed by atoms with E-state index in [0.29, 0.717) is 0 Å². The van der Waals surface area contributed by atoms with Crippen LogP contribution >= 0.6 is 0 Å². The van der Waals surface area contributed by atoms with Crippen molar-refractivity contribution in [2.24, 2.45) is 5.92 Å². The number of carbonyl (C=O) groups excluding carboxylic acids is 3. The first kappa shape index (κ1) is 14.9. The molecule has 0 spiro atoms. The number of amides is 1. The number of rotatable bonds is 6. The maximum atomic E-state index is 11.9. The summed E-state index contributed by atoms with van der Waals surface area (Å²) in [5.74, 6) is -1.71. The van der Waals surface area contributed by atoms with E-state index in [2.05, 4.69) is 14.8 Å². The Morgan fingerprint density at radius 2 is 1.79 bits per heavy atom. The summed E-state index contributed by atoms with van der Waals surface area (Å²) in [6.07, 6.45) is 7.11. The largest absolute Gasteiger partial charge is 0.469 e. The molecular weight excluding hydrogens is 250 g/mol. The minimum atomic E-state index is -0.848. The van der Waals surface area contributed by atoms with Crippen molar-refractivity contribution in [1.82, 2.24) is 5.32 Å². The molecular formula is C13H17NO5. The maximum Gasteiger partial charge on any atom is 0.328 e. The lowest BCUT2D eigenvalue weighted by Crippen LogP contribution is -2.43. The van der Waals surface area contributed by atoms with Crippen LogP contribution in [-0.4, -0.2) is 38.1 Å². The second-order valence-corrected chi connectivity index (χ2v) is 3.99. The summed E-state index contributed by atoms with van der Waals surface area (Å²) >= 11 is 0. The second kappa shape index (κ2) is 7.35. The number of nitrogens with one attached hydrogen (secondary N) is 1. The third kappa shape index (κ3) is 4.57. The Balaban J connectivity index is 2.56. The Morgan fingerprint density at radius 1 is 1.16 bits per heavy atom. The molecule has 6 nitrogen and oxygen atoms in total. The van der Waals surface area contributed by atoms with Crippen LogP contribution < -0.4 is 5.32 Å². The summed E-state index contributed by atoms with van der Waals surface area (Å²) in [7, 11) is 2.50.